The lowest BCUT2D eigenvalue weighted by Crippen LogP contribution is -2.39. The van der Waals surface area contributed by atoms with Gasteiger partial charge in [-0.1, -0.05) is 30.3 Å². The van der Waals surface area contributed by atoms with E-state index in [9.17, 15) is 9.59 Å². The Hall–Kier alpha value is -2.99. The second-order valence-corrected chi connectivity index (χ2v) is 6.43. The van der Waals surface area contributed by atoms with Crippen molar-refractivity contribution in [1.82, 2.24) is 14.9 Å². The zero-order valence-electron chi connectivity index (χ0n) is 15.1. The fraction of sp³-hybridized carbons (Fsp3) is 0.250. The molecular weight excluding hydrogens is 328 g/mol. The van der Waals surface area contributed by atoms with Gasteiger partial charge in [0.25, 0.3) is 5.56 Å². The number of carbonyl (C=O) groups is 1. The molecule has 2 N–H and O–H groups in total. The molecule has 0 spiro atoms. The predicted octanol–water partition coefficient (Wildman–Crippen LogP) is 2.69. The number of aromatic amines is 1. The second-order valence-electron chi connectivity index (χ2n) is 6.43. The molecule has 0 bridgehead atoms. The highest BCUT2D eigenvalue weighted by atomic mass is 16.2. The quantitative estimate of drug-likeness (QED) is 0.742. The maximum Gasteiger partial charge on any atom is 0.258 e. The Kier molecular flexibility index (Phi) is 5.14. The number of aromatic nitrogens is 2. The van der Waals surface area contributed by atoms with Crippen LogP contribution in [0.25, 0.3) is 10.9 Å². The number of hydrogen-bond acceptors (Lipinski definition) is 4. The first-order valence-electron chi connectivity index (χ1n) is 8.50. The Morgan fingerprint density at radius 2 is 1.88 bits per heavy atom. The van der Waals surface area contributed by atoms with Crippen LogP contribution in [-0.2, 0) is 11.3 Å². The third-order valence-electron chi connectivity index (χ3n) is 4.50. The lowest BCUT2D eigenvalue weighted by atomic mass is 10.2. The molecule has 0 aliphatic heterocycles. The third kappa shape index (κ3) is 3.81. The molecule has 1 amide bonds. The summed E-state index contributed by atoms with van der Waals surface area (Å²) in [5.41, 5.74) is 2.29. The largest absolute Gasteiger partial charge is 0.324 e. The first-order valence-corrected chi connectivity index (χ1v) is 8.50. The van der Waals surface area contributed by atoms with Crippen molar-refractivity contribution in [2.24, 2.45) is 0 Å². The Labute approximate surface area is 151 Å². The SMILES string of the molecule is Cc1ccccc1NC(=O)[C@@H](C)N(C)Cc1nc2ccccc2c(=O)[nH]1. The van der Waals surface area contributed by atoms with Crippen LogP contribution in [0.5, 0.6) is 0 Å². The molecule has 0 aliphatic rings. The van der Waals surface area contributed by atoms with Crippen LogP contribution < -0.4 is 10.9 Å². The molecule has 134 valence electrons. The van der Waals surface area contributed by atoms with Gasteiger partial charge in [-0.3, -0.25) is 14.5 Å². The van der Waals surface area contributed by atoms with Crippen LogP contribution >= 0.6 is 0 Å². The number of amides is 1. The van der Waals surface area contributed by atoms with Crippen molar-refractivity contribution in [2.75, 3.05) is 12.4 Å². The number of H-pyrrole nitrogens is 1. The number of anilines is 1. The van der Waals surface area contributed by atoms with Crippen molar-refractivity contribution in [3.63, 3.8) is 0 Å². The maximum absolute atomic E-state index is 12.5. The summed E-state index contributed by atoms with van der Waals surface area (Å²) >= 11 is 0. The minimum Gasteiger partial charge on any atom is -0.324 e. The molecule has 1 aromatic heterocycles. The van der Waals surface area contributed by atoms with Crippen molar-refractivity contribution in [2.45, 2.75) is 26.4 Å². The molecule has 1 heterocycles. The molecule has 0 aliphatic carbocycles. The minimum absolute atomic E-state index is 0.107. The number of fused-ring (bicyclic) bond motifs is 1. The Morgan fingerprint density at radius 3 is 2.65 bits per heavy atom. The number of nitrogens with zero attached hydrogens (tertiary/aromatic N) is 2. The van der Waals surface area contributed by atoms with E-state index in [1.165, 1.54) is 0 Å². The highest BCUT2D eigenvalue weighted by Gasteiger charge is 2.19. The zero-order chi connectivity index (χ0) is 18.7. The molecule has 0 unspecified atom stereocenters. The van der Waals surface area contributed by atoms with Gasteiger partial charge in [-0.15, -0.1) is 0 Å². The van der Waals surface area contributed by atoms with Crippen molar-refractivity contribution >= 4 is 22.5 Å². The van der Waals surface area contributed by atoms with Crippen molar-refractivity contribution in [1.29, 1.82) is 0 Å². The fourth-order valence-corrected chi connectivity index (χ4v) is 2.73. The van der Waals surface area contributed by atoms with E-state index in [0.29, 0.717) is 23.3 Å². The topological polar surface area (TPSA) is 78.1 Å². The highest BCUT2D eigenvalue weighted by molar-refractivity contribution is 5.95. The molecule has 0 fully saturated rings. The summed E-state index contributed by atoms with van der Waals surface area (Å²) in [5.74, 6) is 0.427. The van der Waals surface area contributed by atoms with Gasteiger partial charge in [-0.05, 0) is 44.7 Å². The molecule has 26 heavy (non-hydrogen) atoms. The van der Waals surface area contributed by atoms with Crippen LogP contribution in [0.2, 0.25) is 0 Å². The normalized spacial score (nSPS) is 12.3. The van der Waals surface area contributed by atoms with Crippen LogP contribution in [0, 0.1) is 6.92 Å². The number of likely N-dealkylation sites (N-methyl/N-ethyl adjacent to an activating group) is 1. The summed E-state index contributed by atoms with van der Waals surface area (Å²) in [6.45, 7) is 4.14. The van der Waals surface area contributed by atoms with Crippen LogP contribution in [0.3, 0.4) is 0 Å². The zero-order valence-corrected chi connectivity index (χ0v) is 15.1. The van der Waals surface area contributed by atoms with Crippen molar-refractivity contribution < 1.29 is 4.79 Å². The van der Waals surface area contributed by atoms with Gasteiger partial charge in [0, 0.05) is 5.69 Å². The number of benzene rings is 2. The Morgan fingerprint density at radius 1 is 1.19 bits per heavy atom. The summed E-state index contributed by atoms with van der Waals surface area (Å²) in [4.78, 5) is 33.8. The average Bonchev–Trinajstić information content (AvgIpc) is 2.63. The first kappa shape index (κ1) is 17.8. The summed E-state index contributed by atoms with van der Waals surface area (Å²) in [7, 11) is 1.83. The fourth-order valence-electron chi connectivity index (χ4n) is 2.73. The standard InChI is InChI=1S/C20H22N4O2/c1-13-8-4-6-10-16(13)22-19(25)14(2)24(3)12-18-21-17-11-7-5-9-15(17)20(26)23-18/h4-11,14H,12H2,1-3H3,(H,22,25)(H,21,23,26)/t14-/m1/s1. The maximum atomic E-state index is 12.5. The van der Waals surface area contributed by atoms with Gasteiger partial charge in [0.05, 0.1) is 23.5 Å². The molecule has 2 aromatic carbocycles. The molecule has 0 radical (unpaired) electrons. The molecule has 1 atom stereocenters. The molecule has 0 saturated carbocycles. The smallest absolute Gasteiger partial charge is 0.258 e. The summed E-state index contributed by atoms with van der Waals surface area (Å²) in [5, 5.41) is 3.50. The van der Waals surface area contributed by atoms with Crippen molar-refractivity contribution in [3.05, 3.63) is 70.3 Å². The van der Waals surface area contributed by atoms with Crippen molar-refractivity contribution in [3.8, 4) is 0 Å². The van der Waals surface area contributed by atoms with E-state index in [4.69, 9.17) is 0 Å². The number of hydrogen-bond donors (Lipinski definition) is 2. The monoisotopic (exact) mass is 350 g/mol. The van der Waals surface area contributed by atoms with Crippen LogP contribution in [0.1, 0.15) is 18.3 Å². The van der Waals surface area contributed by atoms with E-state index in [0.717, 1.165) is 11.3 Å². The second kappa shape index (κ2) is 7.49. The molecule has 3 rings (SSSR count). The minimum atomic E-state index is -0.383. The van der Waals surface area contributed by atoms with E-state index >= 15 is 0 Å². The molecule has 6 heteroatoms. The number of para-hydroxylation sites is 2. The highest BCUT2D eigenvalue weighted by Crippen LogP contribution is 2.14. The summed E-state index contributed by atoms with van der Waals surface area (Å²) in [6, 6.07) is 14.5. The van der Waals surface area contributed by atoms with Gasteiger partial charge in [0.1, 0.15) is 5.82 Å². The lowest BCUT2D eigenvalue weighted by molar-refractivity contribution is -0.120. The summed E-state index contributed by atoms with van der Waals surface area (Å²) < 4.78 is 0. The van der Waals surface area contributed by atoms with E-state index in [1.54, 1.807) is 6.07 Å². The Bertz CT molecular complexity index is 996. The summed E-state index contributed by atoms with van der Waals surface area (Å²) in [6.07, 6.45) is 0. The van der Waals surface area contributed by atoms with Gasteiger partial charge in [0.2, 0.25) is 5.91 Å². The van der Waals surface area contributed by atoms with Crippen LogP contribution in [-0.4, -0.2) is 33.9 Å². The van der Waals surface area contributed by atoms with Gasteiger partial charge in [-0.25, -0.2) is 4.98 Å². The van der Waals surface area contributed by atoms with Gasteiger partial charge in [0.15, 0.2) is 0 Å². The van der Waals surface area contributed by atoms with E-state index in [1.807, 2.05) is 68.3 Å². The number of rotatable bonds is 5. The van der Waals surface area contributed by atoms with Crippen LogP contribution in [0.4, 0.5) is 5.69 Å². The van der Waals surface area contributed by atoms with Gasteiger partial charge >= 0.3 is 0 Å². The van der Waals surface area contributed by atoms with E-state index in [2.05, 4.69) is 15.3 Å². The lowest BCUT2D eigenvalue weighted by Gasteiger charge is -2.23. The van der Waals surface area contributed by atoms with E-state index < -0.39 is 0 Å². The van der Waals surface area contributed by atoms with Gasteiger partial charge in [-0.2, -0.15) is 0 Å². The van der Waals surface area contributed by atoms with Gasteiger partial charge < -0.3 is 10.3 Å². The molecular formula is C20H22N4O2. The first-order chi connectivity index (χ1) is 12.5. The molecule has 3 aromatic rings. The van der Waals surface area contributed by atoms with Crippen LogP contribution in [0.15, 0.2) is 53.3 Å². The number of nitrogens with one attached hydrogen (secondary N) is 2. The number of aryl methyl sites for hydroxylation is 1. The Balaban J connectivity index is 1.73. The number of carbonyl (C=O) groups excluding carboxylic acids is 1. The molecule has 6 nitrogen and oxygen atoms in total. The molecule has 0 saturated heterocycles. The average molecular weight is 350 g/mol. The predicted molar refractivity (Wildman–Crippen MR) is 103 cm³/mol. The van der Waals surface area contributed by atoms with E-state index in [-0.39, 0.29) is 17.5 Å². The third-order valence-corrected chi connectivity index (χ3v) is 4.50.